The van der Waals surface area contributed by atoms with Crippen molar-refractivity contribution in [3.8, 4) is 0 Å². The van der Waals surface area contributed by atoms with Gasteiger partial charge < -0.3 is 44.8 Å². The minimum absolute atomic E-state index is 0. The Bertz CT molecular complexity index is 2240. The standard InChI is InChI=1S/C48H75N11O8.Co/c1-23(60)22-55-38(67)16-17-45(6)29(18-35(52)64)43-48(9)47(8,21-37(54)66)28(12-15-34(51)63)40(59-48)25(3)42-46(7,20-36(53)65)26(10-13-32(49)61)30(56-42)19-31-44(4,5)27(11-14-33(50)62)39(57-31)24(2)41(45)58-43;/h23-24,26-29,39,43,60H,10-22H2,1-9H3,(H2,49,61)(H2,50,62)(H2,51,63)(H2,52,64)(H2,53,65)(H2,54,66)(H,55,67);. The van der Waals surface area contributed by atoms with Gasteiger partial charge in [-0.05, 0) is 57.9 Å². The Morgan fingerprint density at radius 1 is 0.735 bits per heavy atom. The van der Waals surface area contributed by atoms with Crippen LogP contribution in [0.25, 0.3) is 0 Å². The van der Waals surface area contributed by atoms with Crippen molar-refractivity contribution in [3.05, 3.63) is 11.3 Å². The van der Waals surface area contributed by atoms with Crippen LogP contribution in [0.1, 0.15) is 139 Å². The number of carbonyl (C=O) groups is 7. The number of nitrogens with two attached hydrogens (primary N) is 6. The van der Waals surface area contributed by atoms with Gasteiger partial charge in [-0.3, -0.25) is 53.5 Å². The molecule has 0 saturated carbocycles. The van der Waals surface area contributed by atoms with E-state index in [2.05, 4.69) is 19.2 Å². The van der Waals surface area contributed by atoms with E-state index in [-0.39, 0.29) is 106 Å². The molecule has 5 aliphatic rings. The zero-order valence-corrected chi connectivity index (χ0v) is 42.2. The predicted octanol–water partition coefficient (Wildman–Crippen LogP) is 1.82. The molecule has 14 N–H and O–H groups in total. The van der Waals surface area contributed by atoms with Gasteiger partial charge in [0.1, 0.15) is 0 Å². The third-order valence-corrected chi connectivity index (χ3v) is 16.7. The number of amides is 7. The Kier molecular flexibility index (Phi) is 16.9. The molecule has 379 valence electrons. The number of aliphatic hydroxyl groups is 1. The monoisotopic (exact) mass is 993 g/mol. The van der Waals surface area contributed by atoms with Crippen LogP contribution in [-0.4, -0.2) is 99.6 Å². The Morgan fingerprint density at radius 2 is 1.29 bits per heavy atom. The molecule has 0 fully saturated rings. The van der Waals surface area contributed by atoms with E-state index in [1.54, 1.807) is 6.92 Å². The first-order chi connectivity index (χ1) is 30.9. The number of hydrogen-bond donors (Lipinski definition) is 8. The molecule has 19 nitrogen and oxygen atoms in total. The molecular weight excluding hydrogens is 918 g/mol. The topological polar surface area (TPSA) is 357 Å². The van der Waals surface area contributed by atoms with Crippen LogP contribution in [0.2, 0.25) is 0 Å². The third-order valence-electron chi connectivity index (χ3n) is 16.7. The van der Waals surface area contributed by atoms with Crippen molar-refractivity contribution >= 4 is 64.2 Å². The number of carbonyl (C=O) groups excluding carboxylic acids is 7. The number of fused-ring (bicyclic) bond motifs is 5. The van der Waals surface area contributed by atoms with E-state index in [0.717, 1.165) is 5.71 Å². The molecule has 0 aromatic heterocycles. The minimum atomic E-state index is -1.37. The fraction of sp³-hybridized carbons (Fsp3) is 0.729. The normalized spacial score (nSPS) is 34.0. The van der Waals surface area contributed by atoms with Gasteiger partial charge in [0.05, 0.1) is 29.4 Å². The number of aliphatic imine (C=N–C) groups is 4. The van der Waals surface area contributed by atoms with Gasteiger partial charge in [-0.15, -0.1) is 0 Å². The van der Waals surface area contributed by atoms with Gasteiger partial charge in [0.2, 0.25) is 41.4 Å². The maximum atomic E-state index is 13.5. The largest absolute Gasteiger partial charge is 0.392 e. The second kappa shape index (κ2) is 20.6. The summed E-state index contributed by atoms with van der Waals surface area (Å²) in [4.78, 5) is 114. The molecule has 8 bridgehead atoms. The maximum absolute atomic E-state index is 13.5. The molecule has 0 aliphatic carbocycles. The van der Waals surface area contributed by atoms with Crippen LogP contribution < -0.4 is 39.7 Å². The first kappa shape index (κ1) is 55.8. The number of rotatable bonds is 20. The second-order valence-corrected chi connectivity index (χ2v) is 21.6. The fourth-order valence-corrected chi connectivity index (χ4v) is 12.9. The summed E-state index contributed by atoms with van der Waals surface area (Å²) in [6.45, 7) is 17.2. The third kappa shape index (κ3) is 10.5. The molecule has 20 heteroatoms. The van der Waals surface area contributed by atoms with Crippen molar-refractivity contribution in [1.29, 1.82) is 0 Å². The Labute approximate surface area is 410 Å². The molecule has 5 rings (SSSR count). The molecule has 0 saturated heterocycles. The van der Waals surface area contributed by atoms with E-state index in [1.807, 2.05) is 41.5 Å². The van der Waals surface area contributed by atoms with Gasteiger partial charge in [0.15, 0.2) is 0 Å². The number of aliphatic hydroxyl groups excluding tert-OH is 1. The molecule has 7 amide bonds. The minimum Gasteiger partial charge on any atom is -0.392 e. The first-order valence-corrected chi connectivity index (χ1v) is 23.6. The summed E-state index contributed by atoms with van der Waals surface area (Å²) in [6.07, 6.45) is -0.232. The van der Waals surface area contributed by atoms with Crippen LogP contribution in [0.4, 0.5) is 0 Å². The van der Waals surface area contributed by atoms with Crippen LogP contribution >= 0.6 is 0 Å². The molecule has 12 atom stereocenters. The van der Waals surface area contributed by atoms with E-state index in [1.165, 1.54) is 0 Å². The number of allylic oxidation sites excluding steroid dienone is 2. The average Bonchev–Trinajstić information content (AvgIpc) is 3.80. The molecular formula is C48H75CoN11O8. The fourth-order valence-electron chi connectivity index (χ4n) is 12.9. The van der Waals surface area contributed by atoms with Crippen molar-refractivity contribution in [1.82, 2.24) is 5.32 Å². The summed E-state index contributed by atoms with van der Waals surface area (Å²) >= 11 is 0. The first-order valence-electron chi connectivity index (χ1n) is 23.6. The van der Waals surface area contributed by atoms with Gasteiger partial charge in [-0.25, -0.2) is 0 Å². The summed E-state index contributed by atoms with van der Waals surface area (Å²) in [6, 6.07) is -1.39. The van der Waals surface area contributed by atoms with Gasteiger partial charge in [0, 0.05) is 143 Å². The van der Waals surface area contributed by atoms with Crippen molar-refractivity contribution in [2.75, 3.05) is 6.54 Å². The van der Waals surface area contributed by atoms with E-state index in [4.69, 9.17) is 54.4 Å². The molecule has 0 aromatic rings. The van der Waals surface area contributed by atoms with Crippen LogP contribution in [0.15, 0.2) is 31.2 Å². The van der Waals surface area contributed by atoms with Crippen molar-refractivity contribution in [2.24, 2.45) is 106 Å². The predicted molar refractivity (Wildman–Crippen MR) is 255 cm³/mol. The smallest absolute Gasteiger partial charge is 0.220 e. The van der Waals surface area contributed by atoms with E-state index in [9.17, 15) is 38.7 Å². The van der Waals surface area contributed by atoms with Crippen molar-refractivity contribution in [3.63, 3.8) is 0 Å². The summed E-state index contributed by atoms with van der Waals surface area (Å²) in [7, 11) is 0. The van der Waals surface area contributed by atoms with Crippen molar-refractivity contribution < 1.29 is 55.4 Å². The number of nitrogens with one attached hydrogen (secondary N) is 1. The quantitative estimate of drug-likeness (QED) is 0.0887. The molecule has 5 heterocycles. The zero-order valence-electron chi connectivity index (χ0n) is 41.2. The Morgan fingerprint density at radius 3 is 1.82 bits per heavy atom. The summed E-state index contributed by atoms with van der Waals surface area (Å²) in [5.41, 5.74) is 34.1. The van der Waals surface area contributed by atoms with Crippen LogP contribution in [-0.2, 0) is 50.3 Å². The van der Waals surface area contributed by atoms with Gasteiger partial charge in [-0.1, -0.05) is 41.5 Å². The van der Waals surface area contributed by atoms with Gasteiger partial charge in [0.25, 0.3) is 0 Å². The number of primary amides is 6. The number of hydrogen-bond acceptors (Lipinski definition) is 12. The molecule has 0 spiro atoms. The van der Waals surface area contributed by atoms with E-state index < -0.39 is 105 Å². The maximum Gasteiger partial charge on any atom is 0.220 e. The molecule has 12 unspecified atom stereocenters. The average molecular weight is 993 g/mol. The number of nitrogens with zero attached hydrogens (tertiary/aromatic N) is 4. The van der Waals surface area contributed by atoms with Gasteiger partial charge in [-0.2, -0.15) is 0 Å². The second-order valence-electron chi connectivity index (χ2n) is 21.6. The molecule has 0 aromatic carbocycles. The van der Waals surface area contributed by atoms with E-state index >= 15 is 0 Å². The van der Waals surface area contributed by atoms with Crippen LogP contribution in [0.3, 0.4) is 0 Å². The van der Waals surface area contributed by atoms with Crippen LogP contribution in [0, 0.1) is 51.2 Å². The zero-order chi connectivity index (χ0) is 50.4. The van der Waals surface area contributed by atoms with Crippen molar-refractivity contribution in [2.45, 2.75) is 163 Å². The SMILES string of the molecule is CC1=C2N=C(CC3=NC(C(C)C4=NC(C(CC(N)=O)C4(C)CCC(=O)NCC(C)O)C4(C)N=C1C(CCC(N)=O)C4(C)CC(N)=O)C(CCC(N)=O)C3(C)C)C(CCC(N)=O)C2(C)CC(N)=O.[Co]. The van der Waals surface area contributed by atoms with Gasteiger partial charge >= 0.3 is 0 Å². The molecule has 5 aliphatic heterocycles. The Hall–Kier alpha value is -4.82. The summed E-state index contributed by atoms with van der Waals surface area (Å²) < 4.78 is 0. The molecule has 1 radical (unpaired) electrons. The summed E-state index contributed by atoms with van der Waals surface area (Å²) in [5, 5.41) is 12.8. The van der Waals surface area contributed by atoms with Crippen LogP contribution in [0.5, 0.6) is 0 Å². The summed E-state index contributed by atoms with van der Waals surface area (Å²) in [5.74, 6) is -6.47. The Balaban J connectivity index is 0.0000101. The molecule has 68 heavy (non-hydrogen) atoms. The van der Waals surface area contributed by atoms with E-state index in [0.29, 0.717) is 34.8 Å².